The van der Waals surface area contributed by atoms with Crippen molar-refractivity contribution in [1.29, 1.82) is 0 Å². The highest BCUT2D eigenvalue weighted by Gasteiger charge is 2.60. The fraction of sp³-hybridized carbons (Fsp3) is 0.923. The van der Waals surface area contributed by atoms with Crippen LogP contribution in [0.15, 0.2) is 0 Å². The van der Waals surface area contributed by atoms with Crippen LogP contribution in [0.5, 0.6) is 0 Å². The van der Waals surface area contributed by atoms with E-state index in [1.54, 1.807) is 0 Å². The van der Waals surface area contributed by atoms with Crippen molar-refractivity contribution in [1.82, 2.24) is 0 Å². The lowest BCUT2D eigenvalue weighted by Crippen LogP contribution is -2.48. The molecule has 4 rings (SSSR count). The van der Waals surface area contributed by atoms with Crippen molar-refractivity contribution in [2.45, 2.75) is 69.9 Å². The number of fused-ring (bicyclic) bond motifs is 1. The molecule has 3 atom stereocenters. The summed E-state index contributed by atoms with van der Waals surface area (Å²) in [5, 5.41) is 0. The topological polar surface area (TPSA) is 35.5 Å². The summed E-state index contributed by atoms with van der Waals surface area (Å²) in [5.41, 5.74) is 0.0183. The normalized spacial score (nSPS) is 43.4. The SMILES string of the molecule is CCC1OC2CC1(CC1CCC(=O)CC1)O2. The van der Waals surface area contributed by atoms with Gasteiger partial charge in [0.25, 0.3) is 0 Å². The van der Waals surface area contributed by atoms with Gasteiger partial charge in [-0.05, 0) is 31.6 Å². The summed E-state index contributed by atoms with van der Waals surface area (Å²) in [6.07, 6.45) is 7.29. The molecular weight excluding hydrogens is 204 g/mol. The summed E-state index contributed by atoms with van der Waals surface area (Å²) in [6, 6.07) is 0. The molecule has 3 heterocycles. The van der Waals surface area contributed by atoms with Gasteiger partial charge in [0.15, 0.2) is 6.29 Å². The number of carbonyl (C=O) groups is 1. The van der Waals surface area contributed by atoms with Crippen molar-refractivity contribution in [2.75, 3.05) is 0 Å². The molecule has 16 heavy (non-hydrogen) atoms. The van der Waals surface area contributed by atoms with E-state index in [9.17, 15) is 4.79 Å². The minimum Gasteiger partial charge on any atom is -0.346 e. The second kappa shape index (κ2) is 3.81. The van der Waals surface area contributed by atoms with Crippen LogP contribution in [0, 0.1) is 5.92 Å². The predicted molar refractivity (Wildman–Crippen MR) is 59.0 cm³/mol. The molecular formula is C13H20O3. The Kier molecular flexibility index (Phi) is 2.55. The highest BCUT2D eigenvalue weighted by atomic mass is 16.8. The molecule has 3 heteroatoms. The first-order valence-electron chi connectivity index (χ1n) is 6.57. The van der Waals surface area contributed by atoms with E-state index in [1.165, 1.54) is 0 Å². The number of ketones is 1. The number of carbonyl (C=O) groups excluding carboxylic acids is 1. The number of Topliss-reactive ketones (excluding diaryl/α,β-unsaturated/α-hetero) is 1. The van der Waals surface area contributed by atoms with E-state index < -0.39 is 0 Å². The van der Waals surface area contributed by atoms with Crippen LogP contribution in [0.4, 0.5) is 0 Å². The van der Waals surface area contributed by atoms with E-state index in [0.717, 1.165) is 44.9 Å². The first-order chi connectivity index (χ1) is 7.72. The number of hydrogen-bond donors (Lipinski definition) is 0. The van der Waals surface area contributed by atoms with Gasteiger partial charge in [-0.15, -0.1) is 0 Å². The molecule has 3 unspecified atom stereocenters. The van der Waals surface area contributed by atoms with Crippen LogP contribution in [0.1, 0.15) is 51.9 Å². The van der Waals surface area contributed by atoms with Gasteiger partial charge < -0.3 is 9.47 Å². The lowest BCUT2D eigenvalue weighted by Gasteiger charge is -2.41. The maximum absolute atomic E-state index is 11.2. The van der Waals surface area contributed by atoms with Gasteiger partial charge in [-0.2, -0.15) is 0 Å². The van der Waals surface area contributed by atoms with Crippen molar-refractivity contribution >= 4 is 5.78 Å². The largest absolute Gasteiger partial charge is 0.346 e. The van der Waals surface area contributed by atoms with Crippen LogP contribution in [-0.2, 0) is 14.3 Å². The zero-order chi connectivity index (χ0) is 11.2. The fourth-order valence-corrected chi connectivity index (χ4v) is 3.55. The van der Waals surface area contributed by atoms with Gasteiger partial charge in [0, 0.05) is 19.3 Å². The lowest BCUT2D eigenvalue weighted by atomic mass is 9.75. The van der Waals surface area contributed by atoms with Crippen LogP contribution in [0.25, 0.3) is 0 Å². The molecule has 0 radical (unpaired) electrons. The van der Waals surface area contributed by atoms with E-state index in [0.29, 0.717) is 17.8 Å². The van der Waals surface area contributed by atoms with Crippen LogP contribution in [0.2, 0.25) is 0 Å². The maximum Gasteiger partial charge on any atom is 0.161 e. The van der Waals surface area contributed by atoms with E-state index in [-0.39, 0.29) is 11.9 Å². The number of ether oxygens (including phenoxy) is 2. The molecule has 0 aromatic heterocycles. The maximum atomic E-state index is 11.2. The quantitative estimate of drug-likeness (QED) is 0.738. The van der Waals surface area contributed by atoms with E-state index in [4.69, 9.17) is 9.47 Å². The van der Waals surface area contributed by atoms with Crippen molar-refractivity contribution in [2.24, 2.45) is 5.92 Å². The van der Waals surface area contributed by atoms with Crippen molar-refractivity contribution in [3.63, 3.8) is 0 Å². The zero-order valence-corrected chi connectivity index (χ0v) is 9.91. The Balaban J connectivity index is 1.60. The molecule has 4 fully saturated rings. The molecule has 1 aliphatic carbocycles. The highest BCUT2D eigenvalue weighted by molar-refractivity contribution is 5.79. The van der Waals surface area contributed by atoms with Gasteiger partial charge in [0.1, 0.15) is 11.4 Å². The Bertz CT molecular complexity index is 284. The molecule has 0 N–H and O–H groups in total. The molecule has 0 amide bonds. The van der Waals surface area contributed by atoms with Crippen molar-refractivity contribution in [3.8, 4) is 0 Å². The summed E-state index contributed by atoms with van der Waals surface area (Å²) in [5.74, 6) is 1.12. The van der Waals surface area contributed by atoms with Gasteiger partial charge in [-0.25, -0.2) is 0 Å². The van der Waals surface area contributed by atoms with Crippen LogP contribution < -0.4 is 0 Å². The zero-order valence-electron chi connectivity index (χ0n) is 9.91. The third-order valence-electron chi connectivity index (χ3n) is 4.45. The van der Waals surface area contributed by atoms with Gasteiger partial charge in [-0.3, -0.25) is 4.79 Å². The third-order valence-corrected chi connectivity index (χ3v) is 4.45. The summed E-state index contributed by atoms with van der Waals surface area (Å²) in [6.45, 7) is 2.17. The molecule has 3 aliphatic heterocycles. The predicted octanol–water partition coefficient (Wildman–Crippen LogP) is 2.43. The molecule has 3 nitrogen and oxygen atoms in total. The van der Waals surface area contributed by atoms with Gasteiger partial charge in [0.2, 0.25) is 0 Å². The van der Waals surface area contributed by atoms with Crippen molar-refractivity contribution < 1.29 is 14.3 Å². The Labute approximate surface area is 96.5 Å². The summed E-state index contributed by atoms with van der Waals surface area (Å²) < 4.78 is 11.6. The molecule has 1 saturated carbocycles. The highest BCUT2D eigenvalue weighted by Crippen LogP contribution is 2.52. The Morgan fingerprint density at radius 3 is 2.69 bits per heavy atom. The van der Waals surface area contributed by atoms with Gasteiger partial charge >= 0.3 is 0 Å². The van der Waals surface area contributed by atoms with Crippen LogP contribution in [0.3, 0.4) is 0 Å². The first-order valence-corrected chi connectivity index (χ1v) is 6.57. The van der Waals surface area contributed by atoms with Gasteiger partial charge in [-0.1, -0.05) is 6.92 Å². The average molecular weight is 224 g/mol. The lowest BCUT2D eigenvalue weighted by molar-refractivity contribution is -0.201. The summed E-state index contributed by atoms with van der Waals surface area (Å²) in [7, 11) is 0. The third kappa shape index (κ3) is 1.61. The first kappa shape index (κ1) is 10.7. The molecule has 0 aromatic carbocycles. The number of hydrogen-bond acceptors (Lipinski definition) is 3. The van der Waals surface area contributed by atoms with E-state index in [1.807, 2.05) is 0 Å². The average Bonchev–Trinajstić information content (AvgIpc) is 2.75. The minimum atomic E-state index is 0.0183. The van der Waals surface area contributed by atoms with Crippen LogP contribution in [-0.4, -0.2) is 23.8 Å². The standard InChI is InChI=1S/C13H20O3/c1-2-11-13(8-12(15-11)16-13)7-9-3-5-10(14)6-4-9/h9,11-12H,2-8H2,1H3. The molecule has 3 saturated heterocycles. The Hall–Kier alpha value is -0.410. The van der Waals surface area contributed by atoms with E-state index in [2.05, 4.69) is 6.92 Å². The summed E-state index contributed by atoms with van der Waals surface area (Å²) >= 11 is 0. The Morgan fingerprint density at radius 2 is 2.06 bits per heavy atom. The number of rotatable bonds is 3. The van der Waals surface area contributed by atoms with Crippen LogP contribution >= 0.6 is 0 Å². The Morgan fingerprint density at radius 1 is 1.38 bits per heavy atom. The molecule has 2 bridgehead atoms. The van der Waals surface area contributed by atoms with Crippen molar-refractivity contribution in [3.05, 3.63) is 0 Å². The summed E-state index contributed by atoms with van der Waals surface area (Å²) in [4.78, 5) is 11.2. The fourth-order valence-electron chi connectivity index (χ4n) is 3.55. The molecule has 0 spiro atoms. The second-order valence-electron chi connectivity index (χ2n) is 5.54. The molecule has 90 valence electrons. The smallest absolute Gasteiger partial charge is 0.161 e. The molecule has 4 aliphatic rings. The second-order valence-corrected chi connectivity index (χ2v) is 5.54. The van der Waals surface area contributed by atoms with E-state index >= 15 is 0 Å². The van der Waals surface area contributed by atoms with Gasteiger partial charge in [0.05, 0.1) is 6.10 Å². The monoisotopic (exact) mass is 224 g/mol. The molecule has 0 aromatic rings. The minimum absolute atomic E-state index is 0.0183.